The molecule has 0 spiro atoms. The number of rotatable bonds is 4. The van der Waals surface area contributed by atoms with Gasteiger partial charge in [0.15, 0.2) is 10.9 Å². The van der Waals surface area contributed by atoms with Gasteiger partial charge in [0.05, 0.1) is 17.1 Å². The lowest BCUT2D eigenvalue weighted by Gasteiger charge is -2.33. The van der Waals surface area contributed by atoms with Crippen molar-refractivity contribution in [2.45, 2.75) is 26.7 Å². The van der Waals surface area contributed by atoms with E-state index in [0.29, 0.717) is 0 Å². The lowest BCUT2D eigenvalue weighted by atomic mass is 10.1. The van der Waals surface area contributed by atoms with Gasteiger partial charge in [-0.05, 0) is 51.0 Å². The number of pyridine rings is 2. The van der Waals surface area contributed by atoms with Crippen LogP contribution in [-0.4, -0.2) is 35.1 Å². The SMILES string of the molecule is C=C(Nc1nc(C)c(C)s1)N1CCCCN(C)c2ccc(-c3cccnc3)nc21. The predicted molar refractivity (Wildman–Crippen MR) is 122 cm³/mol. The highest BCUT2D eigenvalue weighted by atomic mass is 32.1. The summed E-state index contributed by atoms with van der Waals surface area (Å²) >= 11 is 1.65. The van der Waals surface area contributed by atoms with Gasteiger partial charge >= 0.3 is 0 Å². The number of nitrogens with zero attached hydrogens (tertiary/aromatic N) is 5. The van der Waals surface area contributed by atoms with Crippen LogP contribution < -0.4 is 15.1 Å². The van der Waals surface area contributed by atoms with E-state index >= 15 is 0 Å². The first-order valence-electron chi connectivity index (χ1n) is 9.83. The number of hydrogen-bond acceptors (Lipinski definition) is 7. The van der Waals surface area contributed by atoms with Gasteiger partial charge < -0.3 is 15.1 Å². The van der Waals surface area contributed by atoms with E-state index in [1.165, 1.54) is 4.88 Å². The van der Waals surface area contributed by atoms with E-state index in [1.807, 2.05) is 25.3 Å². The van der Waals surface area contributed by atoms with Gasteiger partial charge in [-0.15, -0.1) is 11.3 Å². The maximum atomic E-state index is 5.03. The third kappa shape index (κ3) is 4.10. The number of aromatic nitrogens is 3. The molecule has 3 aromatic rings. The van der Waals surface area contributed by atoms with Gasteiger partial charge in [-0.3, -0.25) is 4.98 Å². The summed E-state index contributed by atoms with van der Waals surface area (Å²) in [6.45, 7) is 10.3. The molecule has 1 N–H and O–H groups in total. The topological polar surface area (TPSA) is 57.2 Å². The highest BCUT2D eigenvalue weighted by molar-refractivity contribution is 7.15. The lowest BCUT2D eigenvalue weighted by Crippen LogP contribution is -2.33. The Morgan fingerprint density at radius 3 is 2.69 bits per heavy atom. The molecule has 0 fully saturated rings. The second-order valence-electron chi connectivity index (χ2n) is 7.29. The van der Waals surface area contributed by atoms with Crippen molar-refractivity contribution in [3.8, 4) is 11.3 Å². The van der Waals surface area contributed by atoms with Crippen molar-refractivity contribution in [3.05, 3.63) is 59.6 Å². The number of aryl methyl sites for hydroxylation is 2. The minimum atomic E-state index is 0.797. The van der Waals surface area contributed by atoms with E-state index in [1.54, 1.807) is 17.5 Å². The number of thiazole rings is 1. The summed E-state index contributed by atoms with van der Waals surface area (Å²) in [5.41, 5.74) is 4.07. The maximum Gasteiger partial charge on any atom is 0.188 e. The zero-order valence-electron chi connectivity index (χ0n) is 17.1. The van der Waals surface area contributed by atoms with Crippen molar-refractivity contribution in [1.29, 1.82) is 0 Å². The zero-order valence-corrected chi connectivity index (χ0v) is 18.0. The molecule has 0 aromatic carbocycles. The van der Waals surface area contributed by atoms with Crippen LogP contribution in [0.4, 0.5) is 16.6 Å². The zero-order chi connectivity index (χ0) is 20.4. The molecular formula is C22H26N6S. The Morgan fingerprint density at radius 1 is 1.14 bits per heavy atom. The van der Waals surface area contributed by atoms with Gasteiger partial charge in [0, 0.05) is 43.0 Å². The molecule has 3 aromatic heterocycles. The molecule has 6 nitrogen and oxygen atoms in total. The summed E-state index contributed by atoms with van der Waals surface area (Å²) in [4.78, 5) is 19.5. The van der Waals surface area contributed by atoms with E-state index in [9.17, 15) is 0 Å². The largest absolute Gasteiger partial charge is 0.372 e. The molecule has 0 radical (unpaired) electrons. The van der Waals surface area contributed by atoms with Crippen molar-refractivity contribution in [2.75, 3.05) is 35.3 Å². The van der Waals surface area contributed by atoms with E-state index in [4.69, 9.17) is 4.98 Å². The summed E-state index contributed by atoms with van der Waals surface area (Å²) in [5, 5.41) is 4.27. The third-order valence-corrected chi connectivity index (χ3v) is 6.20. The molecule has 0 atom stereocenters. The summed E-state index contributed by atoms with van der Waals surface area (Å²) < 4.78 is 0. The number of fused-ring (bicyclic) bond motifs is 1. The van der Waals surface area contributed by atoms with Crippen LogP contribution in [0.3, 0.4) is 0 Å². The van der Waals surface area contributed by atoms with Crippen LogP contribution in [0.15, 0.2) is 49.1 Å². The van der Waals surface area contributed by atoms with Gasteiger partial charge in [-0.2, -0.15) is 0 Å². The second-order valence-corrected chi connectivity index (χ2v) is 8.50. The minimum Gasteiger partial charge on any atom is -0.372 e. The average molecular weight is 407 g/mol. The second kappa shape index (κ2) is 8.21. The Hall–Kier alpha value is -2.93. The molecule has 7 heteroatoms. The smallest absolute Gasteiger partial charge is 0.188 e. The molecule has 4 heterocycles. The molecule has 0 saturated heterocycles. The molecule has 0 amide bonds. The van der Waals surface area contributed by atoms with Crippen LogP contribution in [0.2, 0.25) is 0 Å². The predicted octanol–water partition coefficient (Wildman–Crippen LogP) is 4.84. The normalized spacial score (nSPS) is 14.2. The minimum absolute atomic E-state index is 0.797. The van der Waals surface area contributed by atoms with Crippen molar-refractivity contribution in [1.82, 2.24) is 15.0 Å². The van der Waals surface area contributed by atoms with Gasteiger partial charge in [0.2, 0.25) is 0 Å². The fourth-order valence-electron chi connectivity index (χ4n) is 3.44. The van der Waals surface area contributed by atoms with Crippen LogP contribution in [-0.2, 0) is 0 Å². The van der Waals surface area contributed by atoms with Crippen LogP contribution in [0.25, 0.3) is 11.3 Å². The van der Waals surface area contributed by atoms with E-state index in [2.05, 4.69) is 57.8 Å². The third-order valence-electron chi connectivity index (χ3n) is 5.21. The quantitative estimate of drug-likeness (QED) is 0.669. The van der Waals surface area contributed by atoms with Crippen LogP contribution in [0.1, 0.15) is 23.4 Å². The van der Waals surface area contributed by atoms with Crippen LogP contribution in [0.5, 0.6) is 0 Å². The Balaban J connectivity index is 1.72. The summed E-state index contributed by atoms with van der Waals surface area (Å²) in [6, 6.07) is 8.18. The van der Waals surface area contributed by atoms with Gasteiger partial charge in [0.1, 0.15) is 5.82 Å². The first-order valence-corrected chi connectivity index (χ1v) is 10.6. The fourth-order valence-corrected chi connectivity index (χ4v) is 4.27. The molecule has 150 valence electrons. The van der Waals surface area contributed by atoms with Gasteiger partial charge in [0.25, 0.3) is 0 Å². The summed E-state index contributed by atoms with van der Waals surface area (Å²) in [6.07, 6.45) is 5.82. The molecule has 1 aliphatic rings. The van der Waals surface area contributed by atoms with Gasteiger partial charge in [-0.1, -0.05) is 6.58 Å². The van der Waals surface area contributed by atoms with Crippen molar-refractivity contribution < 1.29 is 0 Å². The first-order chi connectivity index (χ1) is 14.0. The van der Waals surface area contributed by atoms with Crippen LogP contribution >= 0.6 is 11.3 Å². The van der Waals surface area contributed by atoms with Crippen molar-refractivity contribution in [3.63, 3.8) is 0 Å². The number of nitrogens with one attached hydrogen (secondary N) is 1. The van der Waals surface area contributed by atoms with E-state index < -0.39 is 0 Å². The Labute approximate surface area is 176 Å². The Bertz CT molecular complexity index is 994. The Kier molecular flexibility index (Phi) is 5.49. The number of anilines is 3. The molecule has 0 saturated carbocycles. The first kappa shape index (κ1) is 19.4. The maximum absolute atomic E-state index is 5.03. The Morgan fingerprint density at radius 2 is 1.97 bits per heavy atom. The summed E-state index contributed by atoms with van der Waals surface area (Å²) in [5.74, 6) is 1.71. The van der Waals surface area contributed by atoms with E-state index in [-0.39, 0.29) is 0 Å². The van der Waals surface area contributed by atoms with E-state index in [0.717, 1.165) is 65.3 Å². The standard InChI is InChI=1S/C22H26N6S/c1-15-16(2)29-22(24-15)25-17(3)28-13-6-5-12-27(4)20-10-9-19(26-21(20)28)18-8-7-11-23-14-18/h7-11,14H,3,5-6,12-13H2,1-2,4H3,(H,24,25). The molecule has 0 unspecified atom stereocenters. The molecular weight excluding hydrogens is 380 g/mol. The van der Waals surface area contributed by atoms with Crippen molar-refractivity contribution in [2.24, 2.45) is 0 Å². The molecule has 4 rings (SSSR count). The van der Waals surface area contributed by atoms with Crippen LogP contribution in [0, 0.1) is 13.8 Å². The van der Waals surface area contributed by atoms with Gasteiger partial charge in [-0.25, -0.2) is 9.97 Å². The fraction of sp³-hybridized carbons (Fsp3) is 0.318. The lowest BCUT2D eigenvalue weighted by molar-refractivity contribution is 0.688. The molecule has 29 heavy (non-hydrogen) atoms. The molecule has 0 aliphatic carbocycles. The highest BCUT2D eigenvalue weighted by Crippen LogP contribution is 2.34. The number of hydrogen-bond donors (Lipinski definition) is 1. The molecule has 1 aliphatic heterocycles. The molecule has 0 bridgehead atoms. The summed E-state index contributed by atoms with van der Waals surface area (Å²) in [7, 11) is 2.12. The monoisotopic (exact) mass is 406 g/mol. The van der Waals surface area contributed by atoms with Crippen molar-refractivity contribution >= 4 is 28.0 Å². The average Bonchev–Trinajstić information content (AvgIpc) is 3.03. The highest BCUT2D eigenvalue weighted by Gasteiger charge is 2.22.